The maximum absolute atomic E-state index is 12.0. The number of ether oxygens (including phenoxy) is 1. The van der Waals surface area contributed by atoms with Gasteiger partial charge in [-0.15, -0.1) is 0 Å². The van der Waals surface area contributed by atoms with Gasteiger partial charge in [0.2, 0.25) is 0 Å². The summed E-state index contributed by atoms with van der Waals surface area (Å²) in [6, 6.07) is 15.8. The summed E-state index contributed by atoms with van der Waals surface area (Å²) in [4.78, 5) is 13.4. The van der Waals surface area contributed by atoms with Crippen molar-refractivity contribution in [2.75, 3.05) is 7.05 Å². The van der Waals surface area contributed by atoms with E-state index in [4.69, 9.17) is 17.0 Å². The molecule has 4 nitrogen and oxygen atoms in total. The molecule has 6 heteroatoms. The predicted molar refractivity (Wildman–Crippen MR) is 106 cm³/mol. The molecule has 1 N–H and O–H groups in total. The molecule has 1 heterocycles. The zero-order valence-corrected chi connectivity index (χ0v) is 15.9. The number of likely N-dealkylation sites (N-methyl/N-ethyl adjacent to an activating group) is 1. The van der Waals surface area contributed by atoms with Gasteiger partial charge in [-0.05, 0) is 76.3 Å². The van der Waals surface area contributed by atoms with Crippen LogP contribution >= 0.6 is 34.8 Å². The molecule has 0 unspecified atom stereocenters. The van der Waals surface area contributed by atoms with E-state index in [1.807, 2.05) is 24.3 Å². The van der Waals surface area contributed by atoms with Crippen molar-refractivity contribution in [2.45, 2.75) is 6.61 Å². The number of carbonyl (C=O) groups is 1. The highest BCUT2D eigenvalue weighted by Crippen LogP contribution is 2.18. The number of halogens is 1. The molecule has 0 saturated carbocycles. The van der Waals surface area contributed by atoms with E-state index in [-0.39, 0.29) is 5.91 Å². The second-order valence-electron chi connectivity index (χ2n) is 5.34. The monoisotopic (exact) mass is 450 g/mol. The van der Waals surface area contributed by atoms with Crippen LogP contribution in [0.25, 0.3) is 6.08 Å². The first kappa shape index (κ1) is 16.9. The largest absolute Gasteiger partial charge is 0.489 e. The van der Waals surface area contributed by atoms with Crippen molar-refractivity contribution >= 4 is 51.9 Å². The van der Waals surface area contributed by atoms with Crippen molar-refractivity contribution in [3.8, 4) is 5.75 Å². The molecular weight excluding hydrogens is 435 g/mol. The summed E-state index contributed by atoms with van der Waals surface area (Å²) in [7, 11) is 1.65. The SMILES string of the molecule is CN1C(=O)C(=Cc2ccc(OCc3ccc(I)cc3)cc2)NC1=S. The van der Waals surface area contributed by atoms with E-state index >= 15 is 0 Å². The summed E-state index contributed by atoms with van der Waals surface area (Å²) in [6.07, 6.45) is 1.78. The highest BCUT2D eigenvalue weighted by molar-refractivity contribution is 14.1. The van der Waals surface area contributed by atoms with E-state index in [1.54, 1.807) is 13.1 Å². The van der Waals surface area contributed by atoms with Crippen LogP contribution in [0, 0.1) is 3.57 Å². The van der Waals surface area contributed by atoms with Gasteiger partial charge in [-0.2, -0.15) is 0 Å². The quantitative estimate of drug-likeness (QED) is 0.440. The molecule has 1 saturated heterocycles. The first-order chi connectivity index (χ1) is 11.5. The molecule has 3 rings (SSSR count). The molecule has 0 radical (unpaired) electrons. The third-order valence-corrected chi connectivity index (χ3v) is 4.69. The number of benzene rings is 2. The molecule has 2 aromatic carbocycles. The van der Waals surface area contributed by atoms with E-state index in [0.717, 1.165) is 16.9 Å². The van der Waals surface area contributed by atoms with Crippen molar-refractivity contribution in [3.63, 3.8) is 0 Å². The summed E-state index contributed by atoms with van der Waals surface area (Å²) in [5.74, 6) is 0.660. The minimum Gasteiger partial charge on any atom is -0.489 e. The number of rotatable bonds is 4. The summed E-state index contributed by atoms with van der Waals surface area (Å²) in [6.45, 7) is 0.524. The summed E-state index contributed by atoms with van der Waals surface area (Å²) < 4.78 is 6.98. The molecule has 1 fully saturated rings. The Hall–Kier alpha value is -1.93. The zero-order valence-electron chi connectivity index (χ0n) is 13.0. The van der Waals surface area contributed by atoms with Gasteiger partial charge >= 0.3 is 0 Å². The van der Waals surface area contributed by atoms with Crippen LogP contribution in [0.15, 0.2) is 54.2 Å². The van der Waals surface area contributed by atoms with Crippen LogP contribution < -0.4 is 10.1 Å². The third kappa shape index (κ3) is 3.93. The fourth-order valence-corrected chi connectivity index (χ4v) is 2.75. The smallest absolute Gasteiger partial charge is 0.276 e. The first-order valence-electron chi connectivity index (χ1n) is 7.31. The lowest BCUT2D eigenvalue weighted by Gasteiger charge is -2.07. The highest BCUT2D eigenvalue weighted by Gasteiger charge is 2.26. The van der Waals surface area contributed by atoms with Crippen molar-refractivity contribution in [1.82, 2.24) is 10.2 Å². The molecular formula is C18H15IN2O2S. The van der Waals surface area contributed by atoms with Crippen LogP contribution in [0.3, 0.4) is 0 Å². The van der Waals surface area contributed by atoms with E-state index in [2.05, 4.69) is 52.2 Å². The highest BCUT2D eigenvalue weighted by atomic mass is 127. The second kappa shape index (κ2) is 7.31. The van der Waals surface area contributed by atoms with Gasteiger partial charge in [0.25, 0.3) is 5.91 Å². The number of carbonyl (C=O) groups excluding carboxylic acids is 1. The van der Waals surface area contributed by atoms with Gasteiger partial charge < -0.3 is 10.1 Å². The van der Waals surface area contributed by atoms with Crippen LogP contribution in [0.1, 0.15) is 11.1 Å². The lowest BCUT2D eigenvalue weighted by atomic mass is 10.2. The number of hydrogen-bond donors (Lipinski definition) is 1. The average molecular weight is 450 g/mol. The number of nitrogens with one attached hydrogen (secondary N) is 1. The Labute approximate surface area is 159 Å². The van der Waals surface area contributed by atoms with Gasteiger partial charge in [-0.1, -0.05) is 24.3 Å². The van der Waals surface area contributed by atoms with E-state index < -0.39 is 0 Å². The molecule has 122 valence electrons. The fraction of sp³-hybridized carbons (Fsp3) is 0.111. The van der Waals surface area contributed by atoms with Gasteiger partial charge in [-0.3, -0.25) is 9.69 Å². The molecule has 1 aliphatic rings. The first-order valence-corrected chi connectivity index (χ1v) is 8.80. The Morgan fingerprint density at radius 3 is 2.42 bits per heavy atom. The normalized spacial score (nSPS) is 15.8. The van der Waals surface area contributed by atoms with E-state index in [1.165, 1.54) is 8.47 Å². The Morgan fingerprint density at radius 1 is 1.17 bits per heavy atom. The van der Waals surface area contributed by atoms with Crippen LogP contribution in [0.2, 0.25) is 0 Å². The Balaban J connectivity index is 1.64. The minimum atomic E-state index is -0.126. The molecule has 1 amide bonds. The summed E-state index contributed by atoms with van der Waals surface area (Å²) in [5.41, 5.74) is 2.51. The number of amides is 1. The minimum absolute atomic E-state index is 0.126. The fourth-order valence-electron chi connectivity index (χ4n) is 2.20. The van der Waals surface area contributed by atoms with Crippen LogP contribution in [-0.2, 0) is 11.4 Å². The van der Waals surface area contributed by atoms with Gasteiger partial charge in [0.15, 0.2) is 5.11 Å². The molecule has 0 spiro atoms. The maximum Gasteiger partial charge on any atom is 0.276 e. The molecule has 2 aromatic rings. The third-order valence-electron chi connectivity index (χ3n) is 3.59. The van der Waals surface area contributed by atoms with Crippen LogP contribution in [0.5, 0.6) is 5.75 Å². The molecule has 0 aromatic heterocycles. The maximum atomic E-state index is 12.0. The second-order valence-corrected chi connectivity index (χ2v) is 6.97. The van der Waals surface area contributed by atoms with Crippen LogP contribution in [0.4, 0.5) is 0 Å². The molecule has 0 aliphatic carbocycles. The lowest BCUT2D eigenvalue weighted by Crippen LogP contribution is -2.25. The predicted octanol–water partition coefficient (Wildman–Crippen LogP) is 3.56. The van der Waals surface area contributed by atoms with Crippen molar-refractivity contribution in [3.05, 3.63) is 68.9 Å². The molecule has 0 bridgehead atoms. The topological polar surface area (TPSA) is 41.6 Å². The van der Waals surface area contributed by atoms with Crippen molar-refractivity contribution < 1.29 is 9.53 Å². The van der Waals surface area contributed by atoms with Crippen molar-refractivity contribution in [1.29, 1.82) is 0 Å². The van der Waals surface area contributed by atoms with Gasteiger partial charge in [0, 0.05) is 10.6 Å². The molecule has 1 aliphatic heterocycles. The van der Waals surface area contributed by atoms with Crippen LogP contribution in [-0.4, -0.2) is 23.0 Å². The summed E-state index contributed by atoms with van der Waals surface area (Å²) >= 11 is 7.33. The lowest BCUT2D eigenvalue weighted by molar-refractivity contribution is -0.121. The van der Waals surface area contributed by atoms with Crippen molar-refractivity contribution in [2.24, 2.45) is 0 Å². The molecule has 0 atom stereocenters. The Bertz CT molecular complexity index is 801. The van der Waals surface area contributed by atoms with E-state index in [9.17, 15) is 4.79 Å². The molecule has 24 heavy (non-hydrogen) atoms. The average Bonchev–Trinajstić information content (AvgIpc) is 2.83. The zero-order chi connectivity index (χ0) is 17.1. The Kier molecular flexibility index (Phi) is 5.15. The number of nitrogens with zero attached hydrogens (tertiary/aromatic N) is 1. The van der Waals surface area contributed by atoms with Gasteiger partial charge in [0.1, 0.15) is 18.1 Å². The van der Waals surface area contributed by atoms with Gasteiger partial charge in [-0.25, -0.2) is 0 Å². The van der Waals surface area contributed by atoms with E-state index in [0.29, 0.717) is 17.4 Å². The standard InChI is InChI=1S/C18H15IN2O2S/c1-21-17(22)16(20-18(21)24)10-12-4-8-15(9-5-12)23-11-13-2-6-14(19)7-3-13/h2-10H,11H2,1H3,(H,20,24). The number of thiocarbonyl (C=S) groups is 1. The summed E-state index contributed by atoms with van der Waals surface area (Å²) in [5, 5.41) is 3.32. The number of hydrogen-bond acceptors (Lipinski definition) is 3. The Morgan fingerprint density at radius 2 is 1.83 bits per heavy atom. The van der Waals surface area contributed by atoms with Gasteiger partial charge in [0.05, 0.1) is 0 Å².